The first kappa shape index (κ1) is 14.8. The number of hydrogen-bond acceptors (Lipinski definition) is 4. The Labute approximate surface area is 137 Å². The van der Waals surface area contributed by atoms with E-state index in [4.69, 9.17) is 5.73 Å². The van der Waals surface area contributed by atoms with Gasteiger partial charge in [0.05, 0.1) is 17.2 Å². The molecule has 0 aliphatic carbocycles. The third kappa shape index (κ3) is 2.44. The van der Waals surface area contributed by atoms with Gasteiger partial charge in [-0.2, -0.15) is 0 Å². The Morgan fingerprint density at radius 3 is 2.88 bits per heavy atom. The summed E-state index contributed by atoms with van der Waals surface area (Å²) >= 11 is 0. The van der Waals surface area contributed by atoms with Gasteiger partial charge in [0.2, 0.25) is 0 Å². The second-order valence-corrected chi connectivity index (χ2v) is 5.95. The monoisotopic (exact) mass is 326 g/mol. The van der Waals surface area contributed by atoms with E-state index in [2.05, 4.69) is 9.97 Å². The first-order valence-corrected chi connectivity index (χ1v) is 7.86. The number of anilines is 2. The molecule has 122 valence electrons. The number of halogens is 2. The summed E-state index contributed by atoms with van der Waals surface area (Å²) in [4.78, 5) is 10.9. The zero-order chi connectivity index (χ0) is 16.7. The maximum absolute atomic E-state index is 14.2. The van der Waals surface area contributed by atoms with E-state index in [9.17, 15) is 8.78 Å². The number of hydrogen-bond donors (Lipinski definition) is 1. The molecule has 0 bridgehead atoms. The van der Waals surface area contributed by atoms with Crippen LogP contribution in [-0.2, 0) is 0 Å². The third-order valence-electron chi connectivity index (χ3n) is 4.46. The van der Waals surface area contributed by atoms with Crippen LogP contribution in [0.2, 0.25) is 0 Å². The summed E-state index contributed by atoms with van der Waals surface area (Å²) < 4.78 is 27.7. The van der Waals surface area contributed by atoms with Crippen molar-refractivity contribution in [3.63, 3.8) is 0 Å². The Kier molecular flexibility index (Phi) is 3.52. The summed E-state index contributed by atoms with van der Waals surface area (Å²) in [5, 5.41) is 0. The minimum absolute atomic E-state index is 0.233. The summed E-state index contributed by atoms with van der Waals surface area (Å²) in [6, 6.07) is 8.76. The first-order chi connectivity index (χ1) is 11.6. The molecule has 1 fully saturated rings. The van der Waals surface area contributed by atoms with Gasteiger partial charge in [0.1, 0.15) is 23.0 Å². The van der Waals surface area contributed by atoms with Crippen LogP contribution in [0.25, 0.3) is 11.0 Å². The summed E-state index contributed by atoms with van der Waals surface area (Å²) in [7, 11) is 0. The molecule has 2 aromatic heterocycles. The maximum atomic E-state index is 14.2. The minimum atomic E-state index is -0.432. The van der Waals surface area contributed by atoms with Gasteiger partial charge >= 0.3 is 0 Å². The van der Waals surface area contributed by atoms with Crippen LogP contribution in [0.4, 0.5) is 20.3 Å². The van der Waals surface area contributed by atoms with E-state index in [1.807, 2.05) is 17.0 Å². The highest BCUT2D eigenvalue weighted by Gasteiger charge is 2.29. The van der Waals surface area contributed by atoms with Gasteiger partial charge in [-0.15, -0.1) is 0 Å². The predicted molar refractivity (Wildman–Crippen MR) is 89.6 cm³/mol. The highest BCUT2D eigenvalue weighted by Crippen LogP contribution is 2.37. The number of pyridine rings is 2. The highest BCUT2D eigenvalue weighted by molar-refractivity contribution is 5.87. The lowest BCUT2D eigenvalue weighted by atomic mass is 10.0. The number of nitrogen functional groups attached to an aromatic ring is 1. The third-order valence-corrected chi connectivity index (χ3v) is 4.46. The molecule has 4 nitrogen and oxygen atoms in total. The quantitative estimate of drug-likeness (QED) is 0.777. The summed E-state index contributed by atoms with van der Waals surface area (Å²) in [6.45, 7) is 0.735. The molecule has 24 heavy (non-hydrogen) atoms. The van der Waals surface area contributed by atoms with E-state index in [1.165, 1.54) is 12.1 Å². The summed E-state index contributed by atoms with van der Waals surface area (Å²) in [5.74, 6) is -0.123. The van der Waals surface area contributed by atoms with Gasteiger partial charge in [0, 0.05) is 18.3 Å². The normalized spacial score (nSPS) is 17.6. The van der Waals surface area contributed by atoms with Crippen molar-refractivity contribution in [2.45, 2.75) is 18.9 Å². The van der Waals surface area contributed by atoms with Crippen LogP contribution in [0, 0.1) is 11.6 Å². The van der Waals surface area contributed by atoms with Gasteiger partial charge in [0.15, 0.2) is 0 Å². The molecule has 3 aromatic rings. The lowest BCUT2D eigenvalue weighted by Gasteiger charge is -2.26. The smallest absolute Gasteiger partial charge is 0.129 e. The average molecular weight is 326 g/mol. The van der Waals surface area contributed by atoms with E-state index in [-0.39, 0.29) is 6.04 Å². The molecular formula is C18H16F2N4. The van der Waals surface area contributed by atoms with Crippen LogP contribution >= 0.6 is 0 Å². The van der Waals surface area contributed by atoms with Crippen LogP contribution in [0.15, 0.2) is 42.6 Å². The Bertz CT molecular complexity index is 913. The van der Waals surface area contributed by atoms with Crippen LogP contribution in [0.1, 0.15) is 24.4 Å². The number of nitrogens with two attached hydrogens (primary N) is 1. The van der Waals surface area contributed by atoms with Crippen molar-refractivity contribution in [1.29, 1.82) is 0 Å². The van der Waals surface area contributed by atoms with Crippen LogP contribution < -0.4 is 10.6 Å². The van der Waals surface area contributed by atoms with Gasteiger partial charge < -0.3 is 10.6 Å². The molecule has 1 aromatic carbocycles. The zero-order valence-electron chi connectivity index (χ0n) is 12.9. The van der Waals surface area contributed by atoms with Gasteiger partial charge in [-0.3, -0.25) is 4.98 Å². The predicted octanol–water partition coefficient (Wildman–Crippen LogP) is 3.83. The molecule has 1 aliphatic rings. The Morgan fingerprint density at radius 1 is 1.12 bits per heavy atom. The fraction of sp³-hybridized carbons (Fsp3) is 0.222. The Balaban J connectivity index is 1.78. The fourth-order valence-electron chi connectivity index (χ4n) is 3.33. The number of benzene rings is 1. The molecule has 0 saturated carbocycles. The second kappa shape index (κ2) is 5.70. The van der Waals surface area contributed by atoms with Crippen molar-refractivity contribution in [2.75, 3.05) is 17.2 Å². The van der Waals surface area contributed by atoms with Crippen molar-refractivity contribution in [1.82, 2.24) is 9.97 Å². The average Bonchev–Trinajstić information content (AvgIpc) is 3.06. The molecular weight excluding hydrogens is 310 g/mol. The lowest BCUT2D eigenvalue weighted by Crippen LogP contribution is -2.24. The van der Waals surface area contributed by atoms with E-state index >= 15 is 0 Å². The minimum Gasteiger partial charge on any atom is -0.397 e. The standard InChI is InChI=1S/C18H16F2N4/c19-11-3-4-13(20)12(10-11)16-2-1-9-24(16)17-6-5-15-18(23-17)14(21)7-8-22-15/h3-8,10,16H,1-2,9H2,(H2,21,22)/t16-/m1/s1. The van der Waals surface area contributed by atoms with E-state index in [1.54, 1.807) is 12.3 Å². The van der Waals surface area contributed by atoms with Crippen LogP contribution in [0.5, 0.6) is 0 Å². The number of rotatable bonds is 2. The topological polar surface area (TPSA) is 55.0 Å². The van der Waals surface area contributed by atoms with E-state index in [0.717, 1.165) is 25.5 Å². The van der Waals surface area contributed by atoms with Crippen LogP contribution in [0.3, 0.4) is 0 Å². The van der Waals surface area contributed by atoms with Crippen molar-refractivity contribution in [3.8, 4) is 0 Å². The molecule has 4 rings (SSSR count). The number of fused-ring (bicyclic) bond motifs is 1. The molecule has 1 aliphatic heterocycles. The van der Waals surface area contributed by atoms with Crippen molar-refractivity contribution in [2.24, 2.45) is 0 Å². The second-order valence-electron chi connectivity index (χ2n) is 5.95. The molecule has 0 spiro atoms. The zero-order valence-corrected chi connectivity index (χ0v) is 12.9. The molecule has 1 atom stereocenters. The Hall–Kier alpha value is -2.76. The Morgan fingerprint density at radius 2 is 2.00 bits per heavy atom. The number of nitrogens with zero attached hydrogens (tertiary/aromatic N) is 3. The molecule has 0 amide bonds. The van der Waals surface area contributed by atoms with Gasteiger partial charge in [0.25, 0.3) is 0 Å². The van der Waals surface area contributed by atoms with Crippen molar-refractivity contribution < 1.29 is 8.78 Å². The lowest BCUT2D eigenvalue weighted by molar-refractivity contribution is 0.560. The highest BCUT2D eigenvalue weighted by atomic mass is 19.1. The van der Waals surface area contributed by atoms with Gasteiger partial charge in [-0.05, 0) is 49.2 Å². The van der Waals surface area contributed by atoms with Crippen molar-refractivity contribution >= 4 is 22.5 Å². The SMILES string of the molecule is Nc1ccnc2ccc(N3CCC[C@@H]3c3cc(F)ccc3F)nc12. The van der Waals surface area contributed by atoms with Gasteiger partial charge in [-0.1, -0.05) is 0 Å². The number of aromatic nitrogens is 2. The molecule has 0 radical (unpaired) electrons. The molecule has 6 heteroatoms. The molecule has 2 N–H and O–H groups in total. The fourth-order valence-corrected chi connectivity index (χ4v) is 3.33. The van der Waals surface area contributed by atoms with E-state index in [0.29, 0.717) is 28.1 Å². The van der Waals surface area contributed by atoms with E-state index < -0.39 is 11.6 Å². The maximum Gasteiger partial charge on any atom is 0.129 e. The van der Waals surface area contributed by atoms with Crippen LogP contribution in [-0.4, -0.2) is 16.5 Å². The molecule has 3 heterocycles. The molecule has 1 saturated heterocycles. The van der Waals surface area contributed by atoms with Gasteiger partial charge in [-0.25, -0.2) is 13.8 Å². The van der Waals surface area contributed by atoms with Crippen molar-refractivity contribution in [3.05, 3.63) is 59.8 Å². The largest absolute Gasteiger partial charge is 0.397 e. The first-order valence-electron chi connectivity index (χ1n) is 7.86. The summed E-state index contributed by atoms with van der Waals surface area (Å²) in [6.07, 6.45) is 3.28. The summed E-state index contributed by atoms with van der Waals surface area (Å²) in [5.41, 5.74) is 8.24. The molecule has 0 unspecified atom stereocenters.